The van der Waals surface area contributed by atoms with E-state index >= 15 is 0 Å². The number of amides is 1. The number of nitrogens with one attached hydrogen (secondary N) is 1. The number of carbonyl (C=O) groups excluding carboxylic acids is 1. The van der Waals surface area contributed by atoms with Crippen LogP contribution in [-0.2, 0) is 11.2 Å². The third-order valence-corrected chi connectivity index (χ3v) is 4.15. The Morgan fingerprint density at radius 3 is 2.89 bits per heavy atom. The second-order valence-electron chi connectivity index (χ2n) is 5.42. The number of rotatable bonds is 2. The molecule has 3 rings (SSSR count). The average molecular weight is 244 g/mol. The van der Waals surface area contributed by atoms with E-state index < -0.39 is 0 Å². The zero-order valence-electron chi connectivity index (χ0n) is 10.6. The predicted molar refractivity (Wildman–Crippen MR) is 71.2 cm³/mol. The van der Waals surface area contributed by atoms with Crippen LogP contribution < -0.4 is 5.32 Å². The number of benzene rings is 1. The van der Waals surface area contributed by atoms with Gasteiger partial charge in [0.15, 0.2) is 0 Å². The lowest BCUT2D eigenvalue weighted by Crippen LogP contribution is -2.41. The van der Waals surface area contributed by atoms with Crippen LogP contribution in [0.3, 0.4) is 0 Å². The van der Waals surface area contributed by atoms with Crippen LogP contribution >= 0.6 is 0 Å². The zero-order chi connectivity index (χ0) is 12.4. The normalized spacial score (nSPS) is 27.0. The van der Waals surface area contributed by atoms with Crippen molar-refractivity contribution in [3.05, 3.63) is 35.9 Å². The van der Waals surface area contributed by atoms with Gasteiger partial charge in [0.05, 0.1) is 6.42 Å². The second kappa shape index (κ2) is 5.11. The van der Waals surface area contributed by atoms with Gasteiger partial charge in [-0.15, -0.1) is 0 Å². The molecule has 0 spiro atoms. The molecular formula is C15H20N2O. The molecule has 3 nitrogen and oxygen atoms in total. The number of hydrogen-bond acceptors (Lipinski definition) is 2. The third-order valence-electron chi connectivity index (χ3n) is 4.15. The Balaban J connectivity index is 1.60. The highest BCUT2D eigenvalue weighted by Crippen LogP contribution is 2.25. The Kier molecular flexibility index (Phi) is 3.33. The van der Waals surface area contributed by atoms with Crippen LogP contribution in [0, 0.1) is 5.92 Å². The summed E-state index contributed by atoms with van der Waals surface area (Å²) in [5, 5.41) is 3.54. The molecule has 0 aromatic heterocycles. The number of piperidine rings is 1. The lowest BCUT2D eigenvalue weighted by atomic mass is 9.94. The average Bonchev–Trinajstić information content (AvgIpc) is 2.84. The van der Waals surface area contributed by atoms with Gasteiger partial charge in [0.25, 0.3) is 0 Å². The van der Waals surface area contributed by atoms with E-state index in [9.17, 15) is 4.79 Å². The summed E-state index contributed by atoms with van der Waals surface area (Å²) in [5.74, 6) is 0.955. The number of carbonyl (C=O) groups is 1. The molecule has 2 aliphatic rings. The minimum Gasteiger partial charge on any atom is -0.341 e. The number of nitrogens with zero attached hydrogens (tertiary/aromatic N) is 1. The topological polar surface area (TPSA) is 32.3 Å². The molecule has 0 saturated carbocycles. The first-order chi connectivity index (χ1) is 8.83. The van der Waals surface area contributed by atoms with Crippen LogP contribution in [0.25, 0.3) is 0 Å². The van der Waals surface area contributed by atoms with Crippen molar-refractivity contribution >= 4 is 5.91 Å². The van der Waals surface area contributed by atoms with E-state index in [1.54, 1.807) is 0 Å². The predicted octanol–water partition coefficient (Wildman–Crippen LogP) is 1.44. The van der Waals surface area contributed by atoms with Crippen LogP contribution in [0.2, 0.25) is 0 Å². The van der Waals surface area contributed by atoms with Crippen LogP contribution in [0.5, 0.6) is 0 Å². The largest absolute Gasteiger partial charge is 0.341 e. The van der Waals surface area contributed by atoms with E-state index in [1.165, 1.54) is 12.8 Å². The first-order valence-corrected chi connectivity index (χ1v) is 6.88. The van der Waals surface area contributed by atoms with Gasteiger partial charge in [-0.05, 0) is 30.9 Å². The van der Waals surface area contributed by atoms with Crippen LogP contribution in [0.15, 0.2) is 30.3 Å². The first kappa shape index (κ1) is 11.7. The molecule has 2 aliphatic heterocycles. The van der Waals surface area contributed by atoms with Gasteiger partial charge in [-0.25, -0.2) is 0 Å². The third kappa shape index (κ3) is 2.41. The Hall–Kier alpha value is -1.35. The van der Waals surface area contributed by atoms with Gasteiger partial charge < -0.3 is 10.2 Å². The summed E-state index contributed by atoms with van der Waals surface area (Å²) in [4.78, 5) is 14.3. The quantitative estimate of drug-likeness (QED) is 0.854. The molecule has 18 heavy (non-hydrogen) atoms. The van der Waals surface area contributed by atoms with Crippen LogP contribution in [-0.4, -0.2) is 36.5 Å². The van der Waals surface area contributed by atoms with Crippen LogP contribution in [0.4, 0.5) is 0 Å². The summed E-state index contributed by atoms with van der Waals surface area (Å²) in [6.07, 6.45) is 3.06. The van der Waals surface area contributed by atoms with E-state index in [0.717, 1.165) is 25.2 Å². The molecule has 96 valence electrons. The van der Waals surface area contributed by atoms with E-state index in [1.807, 2.05) is 35.2 Å². The Labute approximate surface area is 108 Å². The molecule has 1 N–H and O–H groups in total. The SMILES string of the molecule is O=C(Cc1ccccc1)N1CC2CCCNC2C1. The van der Waals surface area contributed by atoms with Crippen LogP contribution in [0.1, 0.15) is 18.4 Å². The summed E-state index contributed by atoms with van der Waals surface area (Å²) >= 11 is 0. The Morgan fingerprint density at radius 2 is 2.11 bits per heavy atom. The van der Waals surface area contributed by atoms with Gasteiger partial charge >= 0.3 is 0 Å². The fraction of sp³-hybridized carbons (Fsp3) is 0.533. The molecule has 1 aromatic rings. The maximum absolute atomic E-state index is 12.3. The molecule has 1 amide bonds. The molecule has 3 heteroatoms. The molecule has 2 heterocycles. The number of fused-ring (bicyclic) bond motifs is 1. The van der Waals surface area contributed by atoms with Crippen molar-refractivity contribution in [3.8, 4) is 0 Å². The maximum atomic E-state index is 12.3. The molecule has 2 unspecified atom stereocenters. The Morgan fingerprint density at radius 1 is 1.28 bits per heavy atom. The van der Waals surface area contributed by atoms with Crippen molar-refractivity contribution in [2.75, 3.05) is 19.6 Å². The van der Waals surface area contributed by atoms with Crippen molar-refractivity contribution in [2.24, 2.45) is 5.92 Å². The van der Waals surface area contributed by atoms with Gasteiger partial charge in [0.1, 0.15) is 0 Å². The lowest BCUT2D eigenvalue weighted by Gasteiger charge is -2.24. The summed E-state index contributed by atoms with van der Waals surface area (Å²) in [6.45, 7) is 2.96. The van der Waals surface area contributed by atoms with Gasteiger partial charge in [-0.3, -0.25) is 4.79 Å². The fourth-order valence-corrected chi connectivity index (χ4v) is 3.13. The summed E-state index contributed by atoms with van der Waals surface area (Å²) in [5.41, 5.74) is 1.12. The van der Waals surface area contributed by atoms with Crippen molar-refractivity contribution in [1.29, 1.82) is 0 Å². The molecule has 2 atom stereocenters. The van der Waals surface area contributed by atoms with Crippen molar-refractivity contribution in [1.82, 2.24) is 10.2 Å². The van der Waals surface area contributed by atoms with Gasteiger partial charge in [-0.2, -0.15) is 0 Å². The number of likely N-dealkylation sites (tertiary alicyclic amines) is 1. The summed E-state index contributed by atoms with van der Waals surface area (Å²) < 4.78 is 0. The van der Waals surface area contributed by atoms with Crippen molar-refractivity contribution < 1.29 is 4.79 Å². The number of hydrogen-bond donors (Lipinski definition) is 1. The summed E-state index contributed by atoms with van der Waals surface area (Å²) in [7, 11) is 0. The van der Waals surface area contributed by atoms with Crippen molar-refractivity contribution in [3.63, 3.8) is 0 Å². The molecule has 1 aromatic carbocycles. The Bertz CT molecular complexity index is 404. The van der Waals surface area contributed by atoms with Gasteiger partial charge in [0, 0.05) is 19.1 Å². The highest BCUT2D eigenvalue weighted by molar-refractivity contribution is 5.79. The lowest BCUT2D eigenvalue weighted by molar-refractivity contribution is -0.129. The molecular weight excluding hydrogens is 224 g/mol. The zero-order valence-corrected chi connectivity index (χ0v) is 10.6. The van der Waals surface area contributed by atoms with Gasteiger partial charge in [0.2, 0.25) is 5.91 Å². The van der Waals surface area contributed by atoms with E-state index in [0.29, 0.717) is 18.4 Å². The fourth-order valence-electron chi connectivity index (χ4n) is 3.13. The highest BCUT2D eigenvalue weighted by atomic mass is 16.2. The first-order valence-electron chi connectivity index (χ1n) is 6.88. The smallest absolute Gasteiger partial charge is 0.227 e. The monoisotopic (exact) mass is 244 g/mol. The van der Waals surface area contributed by atoms with Gasteiger partial charge in [-0.1, -0.05) is 30.3 Å². The summed E-state index contributed by atoms with van der Waals surface area (Å²) in [6, 6.07) is 10.6. The maximum Gasteiger partial charge on any atom is 0.227 e. The molecule has 0 bridgehead atoms. The van der Waals surface area contributed by atoms with Crippen molar-refractivity contribution in [2.45, 2.75) is 25.3 Å². The molecule has 2 saturated heterocycles. The standard InChI is InChI=1S/C15H20N2O/c18-15(9-12-5-2-1-3-6-12)17-10-13-7-4-8-16-14(13)11-17/h1-3,5-6,13-14,16H,4,7-11H2. The molecule has 2 fully saturated rings. The molecule has 0 radical (unpaired) electrons. The minimum atomic E-state index is 0.275. The van der Waals surface area contributed by atoms with E-state index in [4.69, 9.17) is 0 Å². The van der Waals surface area contributed by atoms with E-state index in [-0.39, 0.29) is 5.91 Å². The second-order valence-corrected chi connectivity index (χ2v) is 5.42. The molecule has 0 aliphatic carbocycles. The highest BCUT2D eigenvalue weighted by Gasteiger charge is 2.36. The minimum absolute atomic E-state index is 0.275. The van der Waals surface area contributed by atoms with E-state index in [2.05, 4.69) is 5.32 Å².